The van der Waals surface area contributed by atoms with E-state index in [9.17, 15) is 0 Å². The molecule has 90 valence electrons. The first kappa shape index (κ1) is 14.2. The highest BCUT2D eigenvalue weighted by Gasteiger charge is 2.20. The minimum absolute atomic E-state index is 0.120. The Morgan fingerprint density at radius 2 is 1.87 bits per heavy atom. The molecule has 2 N–H and O–H groups in total. The second-order valence-corrected chi connectivity index (χ2v) is 4.93. The Morgan fingerprint density at radius 1 is 1.33 bits per heavy atom. The molecule has 0 aliphatic rings. The van der Waals surface area contributed by atoms with E-state index >= 15 is 0 Å². The third-order valence-corrected chi connectivity index (χ3v) is 2.55. The van der Waals surface area contributed by atoms with Gasteiger partial charge in [-0.15, -0.1) is 0 Å². The summed E-state index contributed by atoms with van der Waals surface area (Å²) in [5.41, 5.74) is 0.120. The van der Waals surface area contributed by atoms with Crippen LogP contribution in [0.25, 0.3) is 0 Å². The van der Waals surface area contributed by atoms with Gasteiger partial charge in [0.15, 0.2) is 5.96 Å². The molecule has 0 saturated heterocycles. The lowest BCUT2D eigenvalue weighted by Gasteiger charge is -2.33. The maximum Gasteiger partial charge on any atom is 0.191 e. The molecule has 0 bridgehead atoms. The van der Waals surface area contributed by atoms with E-state index < -0.39 is 0 Å². The van der Waals surface area contributed by atoms with E-state index in [4.69, 9.17) is 0 Å². The van der Waals surface area contributed by atoms with E-state index in [1.807, 2.05) is 0 Å². The third-order valence-electron chi connectivity index (χ3n) is 2.55. The first-order chi connectivity index (χ1) is 6.79. The lowest BCUT2D eigenvalue weighted by molar-refractivity contribution is 0.197. The van der Waals surface area contributed by atoms with Crippen molar-refractivity contribution < 1.29 is 0 Å². The van der Waals surface area contributed by atoms with Crippen LogP contribution in [0.4, 0.5) is 0 Å². The van der Waals surface area contributed by atoms with Crippen molar-refractivity contribution >= 4 is 5.96 Å². The van der Waals surface area contributed by atoms with Crippen LogP contribution >= 0.6 is 0 Å². The van der Waals surface area contributed by atoms with Crippen molar-refractivity contribution in [1.82, 2.24) is 15.5 Å². The number of rotatable bonds is 4. The zero-order chi connectivity index (χ0) is 12.1. The van der Waals surface area contributed by atoms with Gasteiger partial charge in [-0.05, 0) is 41.8 Å². The Hall–Kier alpha value is -0.770. The molecule has 0 amide bonds. The monoisotopic (exact) mass is 214 g/mol. The van der Waals surface area contributed by atoms with Gasteiger partial charge in [-0.25, -0.2) is 0 Å². The summed E-state index contributed by atoms with van der Waals surface area (Å²) in [6, 6.07) is 0.402. The summed E-state index contributed by atoms with van der Waals surface area (Å²) in [4.78, 5) is 6.36. The van der Waals surface area contributed by atoms with E-state index in [2.05, 4.69) is 62.3 Å². The van der Waals surface area contributed by atoms with Gasteiger partial charge in [0.2, 0.25) is 0 Å². The summed E-state index contributed by atoms with van der Waals surface area (Å²) >= 11 is 0. The minimum Gasteiger partial charge on any atom is -0.355 e. The molecule has 0 radical (unpaired) electrons. The van der Waals surface area contributed by atoms with Crippen LogP contribution in [0.5, 0.6) is 0 Å². The average molecular weight is 214 g/mol. The molecule has 0 heterocycles. The minimum atomic E-state index is 0.120. The molecule has 0 rings (SSSR count). The van der Waals surface area contributed by atoms with Crippen LogP contribution in [0.2, 0.25) is 0 Å². The topological polar surface area (TPSA) is 39.7 Å². The number of aliphatic imine (C=N–C) groups is 1. The molecule has 0 saturated carbocycles. The van der Waals surface area contributed by atoms with E-state index in [0.29, 0.717) is 6.04 Å². The van der Waals surface area contributed by atoms with Gasteiger partial charge in [-0.1, -0.05) is 0 Å². The van der Waals surface area contributed by atoms with E-state index in [1.54, 1.807) is 7.05 Å². The first-order valence-electron chi connectivity index (χ1n) is 5.44. The zero-order valence-corrected chi connectivity index (χ0v) is 11.2. The van der Waals surface area contributed by atoms with Gasteiger partial charge in [0, 0.05) is 25.2 Å². The second-order valence-electron chi connectivity index (χ2n) is 4.93. The van der Waals surface area contributed by atoms with Gasteiger partial charge in [-0.2, -0.15) is 0 Å². The standard InChI is InChI=1S/C11H26N4/c1-9(2)14-10(12-5)13-8-11(3,4)15(6)7/h9H,8H2,1-7H3,(H2,12,13,14). The van der Waals surface area contributed by atoms with Gasteiger partial charge in [0.25, 0.3) is 0 Å². The second kappa shape index (κ2) is 5.95. The lowest BCUT2D eigenvalue weighted by Crippen LogP contribution is -2.51. The number of guanidine groups is 1. The van der Waals surface area contributed by atoms with Crippen molar-refractivity contribution in [2.45, 2.75) is 39.3 Å². The molecule has 15 heavy (non-hydrogen) atoms. The maximum absolute atomic E-state index is 4.17. The average Bonchev–Trinajstić information content (AvgIpc) is 2.11. The SMILES string of the molecule is CN=C(NCC(C)(C)N(C)C)NC(C)C. The fraction of sp³-hybridized carbons (Fsp3) is 0.909. The van der Waals surface area contributed by atoms with E-state index in [0.717, 1.165) is 12.5 Å². The molecule has 0 aromatic carbocycles. The molecular weight excluding hydrogens is 188 g/mol. The molecular formula is C11H26N4. The molecule has 4 heteroatoms. The summed E-state index contributed by atoms with van der Waals surface area (Å²) in [7, 11) is 5.96. The van der Waals surface area contributed by atoms with Crippen LogP contribution in [0.15, 0.2) is 4.99 Å². The predicted molar refractivity (Wildman–Crippen MR) is 67.4 cm³/mol. The van der Waals surface area contributed by atoms with Crippen LogP contribution in [0, 0.1) is 0 Å². The number of nitrogens with zero attached hydrogens (tertiary/aromatic N) is 2. The molecule has 0 fully saturated rings. The van der Waals surface area contributed by atoms with Gasteiger partial charge in [0.05, 0.1) is 0 Å². The van der Waals surface area contributed by atoms with Gasteiger partial charge < -0.3 is 15.5 Å². The lowest BCUT2D eigenvalue weighted by atomic mass is 10.0. The van der Waals surface area contributed by atoms with Crippen LogP contribution in [0.3, 0.4) is 0 Å². The Bertz CT molecular complexity index is 207. The van der Waals surface area contributed by atoms with E-state index in [1.165, 1.54) is 0 Å². The van der Waals surface area contributed by atoms with Crippen molar-refractivity contribution in [1.29, 1.82) is 0 Å². The molecule has 0 unspecified atom stereocenters. The normalized spacial score (nSPS) is 13.5. The van der Waals surface area contributed by atoms with Crippen LogP contribution in [0.1, 0.15) is 27.7 Å². The van der Waals surface area contributed by atoms with Crippen molar-refractivity contribution in [3.8, 4) is 0 Å². The first-order valence-corrected chi connectivity index (χ1v) is 5.44. The molecule has 0 aromatic heterocycles. The van der Waals surface area contributed by atoms with Crippen molar-refractivity contribution in [3.05, 3.63) is 0 Å². The molecule has 0 aliphatic carbocycles. The number of hydrogen-bond donors (Lipinski definition) is 2. The molecule has 0 aromatic rings. The van der Waals surface area contributed by atoms with Crippen LogP contribution in [-0.2, 0) is 0 Å². The van der Waals surface area contributed by atoms with Crippen LogP contribution < -0.4 is 10.6 Å². The fourth-order valence-electron chi connectivity index (χ4n) is 0.926. The molecule has 0 atom stereocenters. The molecule has 0 spiro atoms. The van der Waals surface area contributed by atoms with Crippen LogP contribution in [-0.4, -0.2) is 50.1 Å². The van der Waals surface area contributed by atoms with Crippen molar-refractivity contribution in [3.63, 3.8) is 0 Å². The van der Waals surface area contributed by atoms with Crippen molar-refractivity contribution in [2.24, 2.45) is 4.99 Å². The summed E-state index contributed by atoms with van der Waals surface area (Å²) in [6.07, 6.45) is 0. The van der Waals surface area contributed by atoms with Gasteiger partial charge in [-0.3, -0.25) is 4.99 Å². The molecule has 4 nitrogen and oxygen atoms in total. The Morgan fingerprint density at radius 3 is 2.20 bits per heavy atom. The largest absolute Gasteiger partial charge is 0.355 e. The Labute approximate surface area is 94.1 Å². The van der Waals surface area contributed by atoms with Gasteiger partial charge >= 0.3 is 0 Å². The summed E-state index contributed by atoms with van der Waals surface area (Å²) in [5, 5.41) is 6.58. The summed E-state index contributed by atoms with van der Waals surface area (Å²) in [5.74, 6) is 0.861. The number of likely N-dealkylation sites (N-methyl/N-ethyl adjacent to an activating group) is 1. The quantitative estimate of drug-likeness (QED) is 0.539. The smallest absolute Gasteiger partial charge is 0.191 e. The zero-order valence-electron chi connectivity index (χ0n) is 11.2. The number of nitrogens with one attached hydrogen (secondary N) is 2. The van der Waals surface area contributed by atoms with Gasteiger partial charge in [0.1, 0.15) is 0 Å². The fourth-order valence-corrected chi connectivity index (χ4v) is 0.926. The third kappa shape index (κ3) is 5.62. The molecule has 0 aliphatic heterocycles. The Kier molecular flexibility index (Phi) is 5.65. The van der Waals surface area contributed by atoms with E-state index in [-0.39, 0.29) is 5.54 Å². The highest BCUT2D eigenvalue weighted by atomic mass is 15.2. The van der Waals surface area contributed by atoms with Crippen molar-refractivity contribution in [2.75, 3.05) is 27.7 Å². The summed E-state index contributed by atoms with van der Waals surface area (Å²) < 4.78 is 0. The number of hydrogen-bond acceptors (Lipinski definition) is 2. The predicted octanol–water partition coefficient (Wildman–Crippen LogP) is 0.900. The highest BCUT2D eigenvalue weighted by Crippen LogP contribution is 2.07. The Balaban J connectivity index is 4.13. The maximum atomic E-state index is 4.17. The highest BCUT2D eigenvalue weighted by molar-refractivity contribution is 5.79. The summed E-state index contributed by atoms with van der Waals surface area (Å²) in [6.45, 7) is 9.46.